The van der Waals surface area contributed by atoms with E-state index in [0.717, 1.165) is 66.6 Å². The zero-order chi connectivity index (χ0) is 15.8. The molecule has 1 amide bonds. The number of nitrogens with zero attached hydrogens (tertiary/aromatic N) is 3. The Hall–Kier alpha value is -1.62. The van der Waals surface area contributed by atoms with Crippen LogP contribution in [0.1, 0.15) is 19.3 Å². The van der Waals surface area contributed by atoms with Crippen LogP contribution >= 0.6 is 15.9 Å². The van der Waals surface area contributed by atoms with Crippen molar-refractivity contribution in [1.29, 1.82) is 0 Å². The maximum Gasteiger partial charge on any atom is 0.225 e. The molecule has 2 heterocycles. The Labute approximate surface area is 144 Å². The highest BCUT2D eigenvalue weighted by atomic mass is 79.9. The normalized spacial score (nSPS) is 19.0. The summed E-state index contributed by atoms with van der Waals surface area (Å²) in [6.07, 6.45) is 3.18. The van der Waals surface area contributed by atoms with Gasteiger partial charge in [-0.15, -0.1) is 0 Å². The van der Waals surface area contributed by atoms with E-state index in [0.29, 0.717) is 11.8 Å². The standard InChI is InChI=1S/C18H20BrN3O/c19-15-5-6-16-14(12-15)4-7-17(20-16)21-8-1-9-22(11-10-21)18(23)13-2-3-13/h4-7,12-13H,1-3,8-11H2. The van der Waals surface area contributed by atoms with E-state index in [1.54, 1.807) is 0 Å². The highest BCUT2D eigenvalue weighted by Gasteiger charge is 2.33. The van der Waals surface area contributed by atoms with Crippen molar-refractivity contribution in [2.75, 3.05) is 31.1 Å². The molecule has 0 bridgehead atoms. The van der Waals surface area contributed by atoms with E-state index in [2.05, 4.69) is 43.9 Å². The summed E-state index contributed by atoms with van der Waals surface area (Å²) >= 11 is 3.50. The SMILES string of the molecule is O=C(C1CC1)N1CCCN(c2ccc3cc(Br)ccc3n2)CC1. The van der Waals surface area contributed by atoms with Gasteiger partial charge in [0, 0.05) is 42.0 Å². The summed E-state index contributed by atoms with van der Waals surface area (Å²) in [7, 11) is 0. The van der Waals surface area contributed by atoms with Gasteiger partial charge in [-0.25, -0.2) is 4.98 Å². The first kappa shape index (κ1) is 14.9. The highest BCUT2D eigenvalue weighted by molar-refractivity contribution is 9.10. The predicted molar refractivity (Wildman–Crippen MR) is 95.6 cm³/mol. The van der Waals surface area contributed by atoms with Crippen molar-refractivity contribution in [3.63, 3.8) is 0 Å². The zero-order valence-electron chi connectivity index (χ0n) is 13.0. The van der Waals surface area contributed by atoms with Crippen LogP contribution in [0, 0.1) is 5.92 Å². The van der Waals surface area contributed by atoms with Gasteiger partial charge in [0.2, 0.25) is 5.91 Å². The van der Waals surface area contributed by atoms with Gasteiger partial charge in [0.25, 0.3) is 0 Å². The van der Waals surface area contributed by atoms with Gasteiger partial charge in [0.05, 0.1) is 5.52 Å². The monoisotopic (exact) mass is 373 g/mol. The molecular weight excluding hydrogens is 354 g/mol. The molecule has 1 aliphatic heterocycles. The van der Waals surface area contributed by atoms with Gasteiger partial charge >= 0.3 is 0 Å². The fourth-order valence-electron chi connectivity index (χ4n) is 3.22. The second-order valence-electron chi connectivity index (χ2n) is 6.45. The predicted octanol–water partition coefficient (Wildman–Crippen LogP) is 3.45. The molecule has 2 fully saturated rings. The van der Waals surface area contributed by atoms with E-state index >= 15 is 0 Å². The lowest BCUT2D eigenvalue weighted by atomic mass is 10.2. The summed E-state index contributed by atoms with van der Waals surface area (Å²) in [5.74, 6) is 1.70. The molecule has 2 aliphatic rings. The quantitative estimate of drug-likeness (QED) is 0.808. The van der Waals surface area contributed by atoms with E-state index < -0.39 is 0 Å². The molecule has 0 atom stereocenters. The fourth-order valence-corrected chi connectivity index (χ4v) is 3.60. The number of fused-ring (bicyclic) bond motifs is 1. The lowest BCUT2D eigenvalue weighted by Crippen LogP contribution is -2.36. The Kier molecular flexibility index (Phi) is 3.97. The largest absolute Gasteiger partial charge is 0.355 e. The van der Waals surface area contributed by atoms with Crippen molar-refractivity contribution < 1.29 is 4.79 Å². The van der Waals surface area contributed by atoms with Gasteiger partial charge in [0.1, 0.15) is 5.82 Å². The van der Waals surface area contributed by atoms with Gasteiger partial charge in [0.15, 0.2) is 0 Å². The molecule has 0 unspecified atom stereocenters. The molecule has 2 aromatic rings. The first-order valence-corrected chi connectivity index (χ1v) is 9.10. The molecule has 4 nitrogen and oxygen atoms in total. The van der Waals surface area contributed by atoms with Crippen LogP contribution in [0.5, 0.6) is 0 Å². The van der Waals surface area contributed by atoms with Gasteiger partial charge in [-0.1, -0.05) is 15.9 Å². The van der Waals surface area contributed by atoms with Crippen molar-refractivity contribution in [3.8, 4) is 0 Å². The lowest BCUT2D eigenvalue weighted by Gasteiger charge is -2.23. The summed E-state index contributed by atoms with van der Waals surface area (Å²) < 4.78 is 1.07. The van der Waals surface area contributed by atoms with Crippen LogP contribution in [0.25, 0.3) is 10.9 Å². The maximum absolute atomic E-state index is 12.3. The summed E-state index contributed by atoms with van der Waals surface area (Å²) in [5.41, 5.74) is 1.01. The van der Waals surface area contributed by atoms with E-state index in [4.69, 9.17) is 4.98 Å². The van der Waals surface area contributed by atoms with E-state index in [1.807, 2.05) is 12.1 Å². The molecule has 1 aromatic heterocycles. The number of amides is 1. The Morgan fingerprint density at radius 3 is 2.78 bits per heavy atom. The van der Waals surface area contributed by atoms with Crippen LogP contribution in [0.15, 0.2) is 34.8 Å². The summed E-state index contributed by atoms with van der Waals surface area (Å²) in [4.78, 5) is 21.4. The minimum absolute atomic E-state index is 0.318. The highest BCUT2D eigenvalue weighted by Crippen LogP contribution is 2.31. The summed E-state index contributed by atoms with van der Waals surface area (Å²) in [6, 6.07) is 10.4. The maximum atomic E-state index is 12.3. The number of halogens is 1. The van der Waals surface area contributed by atoms with Crippen LogP contribution in [-0.4, -0.2) is 42.0 Å². The van der Waals surface area contributed by atoms with Crippen molar-refractivity contribution in [2.24, 2.45) is 5.92 Å². The number of aromatic nitrogens is 1. The molecule has 120 valence electrons. The molecule has 23 heavy (non-hydrogen) atoms. The van der Waals surface area contributed by atoms with Gasteiger partial charge < -0.3 is 9.80 Å². The summed E-state index contributed by atoms with van der Waals surface area (Å²) in [6.45, 7) is 3.53. The van der Waals surface area contributed by atoms with Crippen LogP contribution in [0.2, 0.25) is 0 Å². The van der Waals surface area contributed by atoms with E-state index in [-0.39, 0.29) is 0 Å². The number of carbonyl (C=O) groups excluding carboxylic acids is 1. The third-order valence-electron chi connectivity index (χ3n) is 4.69. The topological polar surface area (TPSA) is 36.4 Å². The minimum atomic E-state index is 0.318. The van der Waals surface area contributed by atoms with Crippen LogP contribution in [0.3, 0.4) is 0 Å². The molecule has 1 saturated carbocycles. The Bertz CT molecular complexity index is 744. The lowest BCUT2D eigenvalue weighted by molar-refractivity contribution is -0.132. The summed E-state index contributed by atoms with van der Waals surface area (Å²) in [5, 5.41) is 1.14. The van der Waals surface area contributed by atoms with Crippen molar-refractivity contribution in [3.05, 3.63) is 34.8 Å². The Morgan fingerprint density at radius 1 is 1.09 bits per heavy atom. The van der Waals surface area contributed by atoms with Crippen LogP contribution < -0.4 is 4.90 Å². The molecule has 0 spiro atoms. The number of anilines is 1. The number of benzene rings is 1. The molecule has 1 saturated heterocycles. The van der Waals surface area contributed by atoms with E-state index in [1.165, 1.54) is 0 Å². The van der Waals surface area contributed by atoms with Gasteiger partial charge in [-0.3, -0.25) is 4.79 Å². The second kappa shape index (κ2) is 6.11. The van der Waals surface area contributed by atoms with Crippen LogP contribution in [-0.2, 0) is 4.79 Å². The Balaban J connectivity index is 1.51. The average molecular weight is 374 g/mol. The number of carbonyl (C=O) groups is 1. The van der Waals surface area contributed by atoms with Gasteiger partial charge in [-0.05, 0) is 49.6 Å². The fraction of sp³-hybridized carbons (Fsp3) is 0.444. The van der Waals surface area contributed by atoms with Crippen LogP contribution in [0.4, 0.5) is 5.82 Å². The molecule has 1 aliphatic carbocycles. The number of pyridine rings is 1. The second-order valence-corrected chi connectivity index (χ2v) is 7.36. The number of hydrogen-bond acceptors (Lipinski definition) is 3. The molecular formula is C18H20BrN3O. The van der Waals surface area contributed by atoms with Crippen molar-refractivity contribution in [2.45, 2.75) is 19.3 Å². The average Bonchev–Trinajstić information content (AvgIpc) is 3.40. The number of hydrogen-bond donors (Lipinski definition) is 0. The smallest absolute Gasteiger partial charge is 0.225 e. The molecule has 4 rings (SSSR count). The zero-order valence-corrected chi connectivity index (χ0v) is 14.6. The first-order chi connectivity index (χ1) is 11.2. The molecule has 1 aromatic carbocycles. The molecule has 5 heteroatoms. The van der Waals surface area contributed by atoms with E-state index in [9.17, 15) is 4.79 Å². The third-order valence-corrected chi connectivity index (χ3v) is 5.19. The van der Waals surface area contributed by atoms with Crippen molar-refractivity contribution >= 4 is 38.6 Å². The minimum Gasteiger partial charge on any atom is -0.355 e. The number of rotatable bonds is 2. The molecule has 0 radical (unpaired) electrons. The third kappa shape index (κ3) is 3.20. The van der Waals surface area contributed by atoms with Crippen molar-refractivity contribution in [1.82, 2.24) is 9.88 Å². The van der Waals surface area contributed by atoms with Gasteiger partial charge in [-0.2, -0.15) is 0 Å². The Morgan fingerprint density at radius 2 is 1.96 bits per heavy atom. The molecule has 0 N–H and O–H groups in total. The first-order valence-electron chi connectivity index (χ1n) is 8.31.